The molecule has 1 heterocycles. The summed E-state index contributed by atoms with van der Waals surface area (Å²) in [5.41, 5.74) is 3.14. The smallest absolute Gasteiger partial charge is 0.260 e. The highest BCUT2D eigenvalue weighted by Gasteiger charge is 2.21. The number of ether oxygens (including phenoxy) is 1. The first kappa shape index (κ1) is 21.3. The van der Waals surface area contributed by atoms with Crippen LogP contribution in [0, 0.1) is 12.8 Å². The molecule has 29 heavy (non-hydrogen) atoms. The van der Waals surface area contributed by atoms with Crippen molar-refractivity contribution >= 4 is 15.9 Å². The minimum absolute atomic E-state index is 0.0687. The summed E-state index contributed by atoms with van der Waals surface area (Å²) in [5.74, 6) is 0.661. The predicted octanol–water partition coefficient (Wildman–Crippen LogP) is 2.89. The van der Waals surface area contributed by atoms with Gasteiger partial charge in [-0.05, 0) is 54.2 Å². The summed E-state index contributed by atoms with van der Waals surface area (Å²) in [6.45, 7) is 7.25. The molecule has 0 radical (unpaired) electrons. The lowest BCUT2D eigenvalue weighted by atomic mass is 10.00. The van der Waals surface area contributed by atoms with E-state index in [1.165, 1.54) is 17.2 Å². The fourth-order valence-corrected chi connectivity index (χ4v) is 4.55. The first-order valence-electron chi connectivity index (χ1n) is 9.84. The highest BCUT2D eigenvalue weighted by atomic mass is 32.2. The van der Waals surface area contributed by atoms with Crippen molar-refractivity contribution < 1.29 is 17.9 Å². The molecule has 1 amide bonds. The van der Waals surface area contributed by atoms with Gasteiger partial charge < -0.3 is 9.64 Å². The predicted molar refractivity (Wildman–Crippen MR) is 112 cm³/mol. The number of rotatable bonds is 7. The molecule has 2 aromatic rings. The lowest BCUT2D eigenvalue weighted by molar-refractivity contribution is -0.134. The topological polar surface area (TPSA) is 75.7 Å². The van der Waals surface area contributed by atoms with Gasteiger partial charge in [-0.25, -0.2) is 13.1 Å². The van der Waals surface area contributed by atoms with Gasteiger partial charge in [0.15, 0.2) is 6.61 Å². The summed E-state index contributed by atoms with van der Waals surface area (Å²) in [4.78, 5) is 14.6. The van der Waals surface area contributed by atoms with Gasteiger partial charge in [0, 0.05) is 19.6 Å². The molecule has 1 aliphatic rings. The number of benzene rings is 2. The molecule has 7 heteroatoms. The zero-order valence-electron chi connectivity index (χ0n) is 17.1. The fraction of sp³-hybridized carbons (Fsp3) is 0.409. The Kier molecular flexibility index (Phi) is 6.59. The van der Waals surface area contributed by atoms with Crippen LogP contribution in [0.15, 0.2) is 47.4 Å². The number of carbonyl (C=O) groups excluding carboxylic acids is 1. The summed E-state index contributed by atoms with van der Waals surface area (Å²) in [7, 11) is -3.55. The molecule has 3 rings (SSSR count). The number of hydrogen-bond donors (Lipinski definition) is 1. The van der Waals surface area contributed by atoms with Crippen molar-refractivity contribution in [1.82, 2.24) is 9.62 Å². The number of carbonyl (C=O) groups is 1. The molecule has 156 valence electrons. The third-order valence-electron chi connectivity index (χ3n) is 4.97. The third kappa shape index (κ3) is 5.36. The van der Waals surface area contributed by atoms with Gasteiger partial charge in [0.25, 0.3) is 5.91 Å². The van der Waals surface area contributed by atoms with Gasteiger partial charge in [-0.3, -0.25) is 4.79 Å². The van der Waals surface area contributed by atoms with Gasteiger partial charge in [-0.2, -0.15) is 0 Å². The molecule has 0 saturated heterocycles. The van der Waals surface area contributed by atoms with E-state index in [0.29, 0.717) is 30.9 Å². The maximum atomic E-state index is 12.6. The molecule has 1 N–H and O–H groups in total. The van der Waals surface area contributed by atoms with E-state index in [4.69, 9.17) is 4.74 Å². The van der Waals surface area contributed by atoms with E-state index in [0.717, 1.165) is 6.42 Å². The van der Waals surface area contributed by atoms with Crippen molar-refractivity contribution in [2.45, 2.75) is 38.6 Å². The summed E-state index contributed by atoms with van der Waals surface area (Å²) >= 11 is 0. The molecule has 0 saturated carbocycles. The number of aryl methyl sites for hydroxylation is 1. The molecule has 0 unspecified atom stereocenters. The van der Waals surface area contributed by atoms with Crippen molar-refractivity contribution in [1.29, 1.82) is 0 Å². The second-order valence-electron chi connectivity index (χ2n) is 7.80. The van der Waals surface area contributed by atoms with Crippen LogP contribution in [0.3, 0.4) is 0 Å². The molecule has 2 aromatic carbocycles. The van der Waals surface area contributed by atoms with Crippen LogP contribution in [0.25, 0.3) is 0 Å². The Morgan fingerprint density at radius 2 is 1.90 bits per heavy atom. The van der Waals surface area contributed by atoms with Gasteiger partial charge in [-0.1, -0.05) is 38.1 Å². The summed E-state index contributed by atoms with van der Waals surface area (Å²) in [5, 5.41) is 0. The van der Waals surface area contributed by atoms with Crippen LogP contribution >= 0.6 is 0 Å². The molecule has 1 aliphatic heterocycles. The number of sulfonamides is 1. The molecule has 0 aromatic heterocycles. The van der Waals surface area contributed by atoms with E-state index >= 15 is 0 Å². The van der Waals surface area contributed by atoms with Gasteiger partial charge >= 0.3 is 0 Å². The zero-order chi connectivity index (χ0) is 21.0. The lowest BCUT2D eigenvalue weighted by Crippen LogP contribution is -2.38. The maximum Gasteiger partial charge on any atom is 0.260 e. The highest BCUT2D eigenvalue weighted by Crippen LogP contribution is 2.23. The van der Waals surface area contributed by atoms with E-state index in [2.05, 4.69) is 10.8 Å². The zero-order valence-corrected chi connectivity index (χ0v) is 18.0. The first-order valence-corrected chi connectivity index (χ1v) is 11.3. The number of nitrogens with zero attached hydrogens (tertiary/aromatic N) is 1. The standard InChI is InChI=1S/C22H28N2O4S/c1-16(2)13-23-29(26,27)20-8-9-21(17(3)12-20)28-15-22(25)24-11-10-18-6-4-5-7-19(18)14-24/h4-9,12,16,23H,10-11,13-15H2,1-3H3. The average molecular weight is 417 g/mol. The van der Waals surface area contributed by atoms with Crippen molar-refractivity contribution in [2.24, 2.45) is 5.92 Å². The second kappa shape index (κ2) is 8.97. The molecule has 0 spiro atoms. The van der Waals surface area contributed by atoms with Crippen LogP contribution in [-0.2, 0) is 27.8 Å². The molecule has 6 nitrogen and oxygen atoms in total. The molecule has 0 bridgehead atoms. The van der Waals surface area contributed by atoms with Crippen LogP contribution in [0.5, 0.6) is 5.75 Å². The summed E-state index contributed by atoms with van der Waals surface area (Å²) in [6, 6.07) is 12.8. The Labute approximate surface area is 172 Å². The minimum atomic E-state index is -3.55. The minimum Gasteiger partial charge on any atom is -0.483 e. The number of nitrogens with one attached hydrogen (secondary N) is 1. The van der Waals surface area contributed by atoms with Crippen molar-refractivity contribution in [3.63, 3.8) is 0 Å². The van der Waals surface area contributed by atoms with Gasteiger partial charge in [-0.15, -0.1) is 0 Å². The molecular formula is C22H28N2O4S. The SMILES string of the molecule is Cc1cc(S(=O)(=O)NCC(C)C)ccc1OCC(=O)N1CCc2ccccc2C1. The maximum absolute atomic E-state index is 12.6. The van der Waals surface area contributed by atoms with Gasteiger partial charge in [0.1, 0.15) is 5.75 Å². The Hall–Kier alpha value is -2.38. The number of hydrogen-bond acceptors (Lipinski definition) is 4. The van der Waals surface area contributed by atoms with E-state index in [1.807, 2.05) is 32.0 Å². The number of fused-ring (bicyclic) bond motifs is 1. The van der Waals surface area contributed by atoms with Gasteiger partial charge in [0.05, 0.1) is 4.90 Å². The molecule has 0 fully saturated rings. The van der Waals surface area contributed by atoms with Crippen LogP contribution in [0.2, 0.25) is 0 Å². The Morgan fingerprint density at radius 1 is 1.17 bits per heavy atom. The largest absolute Gasteiger partial charge is 0.483 e. The number of amides is 1. The lowest BCUT2D eigenvalue weighted by Gasteiger charge is -2.28. The molecule has 0 atom stereocenters. The van der Waals surface area contributed by atoms with E-state index in [-0.39, 0.29) is 23.3 Å². The van der Waals surface area contributed by atoms with Crippen molar-refractivity contribution in [3.8, 4) is 5.75 Å². The Bertz CT molecular complexity index is 986. The normalized spacial score (nSPS) is 14.0. The van der Waals surface area contributed by atoms with E-state index in [1.54, 1.807) is 24.0 Å². The van der Waals surface area contributed by atoms with Gasteiger partial charge in [0.2, 0.25) is 10.0 Å². The average Bonchev–Trinajstić information content (AvgIpc) is 2.70. The van der Waals surface area contributed by atoms with Crippen LogP contribution < -0.4 is 9.46 Å². The van der Waals surface area contributed by atoms with Crippen LogP contribution in [-0.4, -0.2) is 38.9 Å². The fourth-order valence-electron chi connectivity index (χ4n) is 3.25. The monoisotopic (exact) mass is 416 g/mol. The summed E-state index contributed by atoms with van der Waals surface area (Å²) in [6.07, 6.45) is 0.844. The first-order chi connectivity index (χ1) is 13.8. The molecular weight excluding hydrogens is 388 g/mol. The third-order valence-corrected chi connectivity index (χ3v) is 6.39. The molecule has 0 aliphatic carbocycles. The summed E-state index contributed by atoms with van der Waals surface area (Å²) < 4.78 is 33.0. The van der Waals surface area contributed by atoms with Crippen LogP contribution in [0.4, 0.5) is 0 Å². The highest BCUT2D eigenvalue weighted by molar-refractivity contribution is 7.89. The van der Waals surface area contributed by atoms with Crippen molar-refractivity contribution in [3.05, 3.63) is 59.2 Å². The Balaban J connectivity index is 1.60. The van der Waals surface area contributed by atoms with E-state index < -0.39 is 10.0 Å². The Morgan fingerprint density at radius 3 is 2.59 bits per heavy atom. The quantitative estimate of drug-likeness (QED) is 0.753. The van der Waals surface area contributed by atoms with E-state index in [9.17, 15) is 13.2 Å². The van der Waals surface area contributed by atoms with Crippen LogP contribution in [0.1, 0.15) is 30.5 Å². The second-order valence-corrected chi connectivity index (χ2v) is 9.56. The van der Waals surface area contributed by atoms with Crippen molar-refractivity contribution in [2.75, 3.05) is 19.7 Å².